The molecule has 0 spiro atoms. The summed E-state index contributed by atoms with van der Waals surface area (Å²) in [7, 11) is 0. The molecule has 2 rings (SSSR count). The lowest BCUT2D eigenvalue weighted by Gasteiger charge is -2.33. The molecule has 0 radical (unpaired) electrons. The van der Waals surface area contributed by atoms with Gasteiger partial charge >= 0.3 is 5.97 Å². The van der Waals surface area contributed by atoms with Gasteiger partial charge in [0.1, 0.15) is 0 Å². The first-order chi connectivity index (χ1) is 10.0. The molecule has 2 N–H and O–H groups in total. The Morgan fingerprint density at radius 2 is 2.10 bits per heavy atom. The highest BCUT2D eigenvalue weighted by Crippen LogP contribution is 2.30. The summed E-state index contributed by atoms with van der Waals surface area (Å²) in [6, 6.07) is 3.70. The number of nitrogens with zero attached hydrogens (tertiary/aromatic N) is 1. The van der Waals surface area contributed by atoms with Crippen LogP contribution in [0.25, 0.3) is 0 Å². The molecule has 21 heavy (non-hydrogen) atoms. The van der Waals surface area contributed by atoms with Gasteiger partial charge in [-0.3, -0.25) is 14.6 Å². The van der Waals surface area contributed by atoms with Gasteiger partial charge < -0.3 is 15.2 Å². The molecule has 6 nitrogen and oxygen atoms in total. The molecule has 0 saturated carbocycles. The van der Waals surface area contributed by atoms with Gasteiger partial charge in [0.05, 0.1) is 11.8 Å². The van der Waals surface area contributed by atoms with E-state index in [4.69, 9.17) is 4.74 Å². The Morgan fingerprint density at radius 1 is 1.38 bits per heavy atom. The number of hydrogen-bond acceptors (Lipinski definition) is 4. The van der Waals surface area contributed by atoms with E-state index in [9.17, 15) is 14.7 Å². The minimum absolute atomic E-state index is 0.143. The fourth-order valence-electron chi connectivity index (χ4n) is 2.35. The fourth-order valence-corrected chi connectivity index (χ4v) is 2.35. The van der Waals surface area contributed by atoms with E-state index in [1.165, 1.54) is 0 Å². The molecule has 1 saturated heterocycles. The Hall–Kier alpha value is -1.95. The van der Waals surface area contributed by atoms with E-state index in [2.05, 4.69) is 10.3 Å². The molecule has 2 heterocycles. The number of carboxylic acids is 1. The molecular formula is C15H20N2O4. The highest BCUT2D eigenvalue weighted by atomic mass is 16.5. The van der Waals surface area contributed by atoms with Gasteiger partial charge in [-0.25, -0.2) is 0 Å². The number of aromatic nitrogens is 1. The Bertz CT molecular complexity index is 507. The number of ether oxygens (including phenoxy) is 1. The predicted octanol–water partition coefficient (Wildman–Crippen LogP) is 0.930. The Morgan fingerprint density at radius 3 is 2.67 bits per heavy atom. The maximum absolute atomic E-state index is 11.9. The van der Waals surface area contributed by atoms with E-state index in [1.807, 2.05) is 19.1 Å². The molecular weight excluding hydrogens is 272 g/mol. The normalized spacial score (nSPS) is 17.2. The van der Waals surface area contributed by atoms with E-state index in [-0.39, 0.29) is 18.9 Å². The lowest BCUT2D eigenvalue weighted by atomic mass is 9.80. The Labute approximate surface area is 123 Å². The summed E-state index contributed by atoms with van der Waals surface area (Å²) in [6.45, 7) is 2.86. The van der Waals surface area contributed by atoms with Crippen molar-refractivity contribution >= 4 is 11.9 Å². The number of amides is 1. The van der Waals surface area contributed by atoms with Crippen molar-refractivity contribution in [2.24, 2.45) is 5.41 Å². The Balaban J connectivity index is 1.90. The summed E-state index contributed by atoms with van der Waals surface area (Å²) >= 11 is 0. The number of aliphatic carboxylic acids is 1. The highest BCUT2D eigenvalue weighted by molar-refractivity contribution is 5.80. The minimum atomic E-state index is -0.903. The maximum Gasteiger partial charge on any atom is 0.311 e. The zero-order chi connectivity index (χ0) is 15.3. The SMILES string of the molecule is Cc1ccc(CC(=O)NCC2(C(=O)O)CCOCC2)cn1. The standard InChI is InChI=1S/C15H20N2O4/c1-11-2-3-12(9-16-11)8-13(18)17-10-15(14(19)20)4-6-21-7-5-15/h2-3,9H,4-8,10H2,1H3,(H,17,18)(H,19,20). The average molecular weight is 292 g/mol. The molecule has 1 aliphatic rings. The van der Waals surface area contributed by atoms with Crippen LogP contribution in [0.1, 0.15) is 24.1 Å². The number of aryl methyl sites for hydroxylation is 1. The zero-order valence-electron chi connectivity index (χ0n) is 12.1. The van der Waals surface area contributed by atoms with Crippen molar-refractivity contribution in [3.05, 3.63) is 29.6 Å². The summed E-state index contributed by atoms with van der Waals surface area (Å²) in [6.07, 6.45) is 2.72. The van der Waals surface area contributed by atoms with Crippen molar-refractivity contribution in [1.82, 2.24) is 10.3 Å². The van der Waals surface area contributed by atoms with Gasteiger partial charge in [-0.1, -0.05) is 6.07 Å². The van der Waals surface area contributed by atoms with Crippen LogP contribution in [0.2, 0.25) is 0 Å². The molecule has 0 bridgehead atoms. The van der Waals surface area contributed by atoms with Crippen molar-refractivity contribution in [1.29, 1.82) is 0 Å². The minimum Gasteiger partial charge on any atom is -0.481 e. The van der Waals surface area contributed by atoms with Crippen LogP contribution in [0.5, 0.6) is 0 Å². The second-order valence-electron chi connectivity index (χ2n) is 5.46. The van der Waals surface area contributed by atoms with Gasteiger partial charge in [-0.15, -0.1) is 0 Å². The third-order valence-corrected chi connectivity index (χ3v) is 3.86. The average Bonchev–Trinajstić information content (AvgIpc) is 2.48. The number of nitrogens with one attached hydrogen (secondary N) is 1. The van der Waals surface area contributed by atoms with Crippen LogP contribution >= 0.6 is 0 Å². The highest BCUT2D eigenvalue weighted by Gasteiger charge is 2.40. The maximum atomic E-state index is 11.9. The van der Waals surface area contributed by atoms with Gasteiger partial charge in [0.25, 0.3) is 0 Å². The van der Waals surface area contributed by atoms with Gasteiger partial charge in [0.2, 0.25) is 5.91 Å². The first-order valence-corrected chi connectivity index (χ1v) is 7.01. The molecule has 0 aromatic carbocycles. The van der Waals surface area contributed by atoms with Gasteiger partial charge in [-0.2, -0.15) is 0 Å². The lowest BCUT2D eigenvalue weighted by Crippen LogP contribution is -2.46. The summed E-state index contributed by atoms with van der Waals surface area (Å²) in [4.78, 5) is 27.5. The van der Waals surface area contributed by atoms with Gasteiger partial charge in [-0.05, 0) is 31.4 Å². The third kappa shape index (κ3) is 4.01. The van der Waals surface area contributed by atoms with Gasteiger partial charge in [0, 0.05) is 31.6 Å². The number of rotatable bonds is 5. The molecule has 0 unspecified atom stereocenters. The van der Waals surface area contributed by atoms with Crippen LogP contribution in [0.3, 0.4) is 0 Å². The smallest absolute Gasteiger partial charge is 0.311 e. The number of carboxylic acid groups (broad SMARTS) is 1. The molecule has 1 fully saturated rings. The van der Waals surface area contributed by atoms with E-state index >= 15 is 0 Å². The molecule has 6 heteroatoms. The summed E-state index contributed by atoms with van der Waals surface area (Å²) in [5.74, 6) is -1.06. The number of hydrogen-bond donors (Lipinski definition) is 2. The zero-order valence-corrected chi connectivity index (χ0v) is 12.1. The summed E-state index contributed by atoms with van der Waals surface area (Å²) in [5.41, 5.74) is 0.806. The number of carbonyl (C=O) groups is 2. The van der Waals surface area contributed by atoms with Crippen molar-refractivity contribution in [2.45, 2.75) is 26.2 Å². The van der Waals surface area contributed by atoms with Crippen molar-refractivity contribution in [2.75, 3.05) is 19.8 Å². The molecule has 1 amide bonds. The van der Waals surface area contributed by atoms with Crippen molar-refractivity contribution < 1.29 is 19.4 Å². The first kappa shape index (κ1) is 15.4. The van der Waals surface area contributed by atoms with Crippen molar-refractivity contribution in [3.8, 4) is 0 Å². The van der Waals surface area contributed by atoms with Gasteiger partial charge in [0.15, 0.2) is 0 Å². The van der Waals surface area contributed by atoms with Crippen LogP contribution in [0.15, 0.2) is 18.3 Å². The van der Waals surface area contributed by atoms with Crippen LogP contribution in [-0.4, -0.2) is 41.7 Å². The molecule has 1 aromatic heterocycles. The Kier molecular flexibility index (Phi) is 4.90. The van der Waals surface area contributed by atoms with Crippen LogP contribution in [0, 0.1) is 12.3 Å². The largest absolute Gasteiger partial charge is 0.481 e. The summed E-state index contributed by atoms with van der Waals surface area (Å²) in [5, 5.41) is 12.1. The van der Waals surface area contributed by atoms with E-state index in [1.54, 1.807) is 6.20 Å². The van der Waals surface area contributed by atoms with E-state index < -0.39 is 11.4 Å². The molecule has 114 valence electrons. The first-order valence-electron chi connectivity index (χ1n) is 7.01. The monoisotopic (exact) mass is 292 g/mol. The van der Waals surface area contributed by atoms with Crippen LogP contribution in [0.4, 0.5) is 0 Å². The quantitative estimate of drug-likeness (QED) is 0.843. The molecule has 1 aliphatic heterocycles. The summed E-state index contributed by atoms with van der Waals surface area (Å²) < 4.78 is 5.20. The van der Waals surface area contributed by atoms with E-state index in [0.717, 1.165) is 11.3 Å². The van der Waals surface area contributed by atoms with Crippen LogP contribution < -0.4 is 5.32 Å². The van der Waals surface area contributed by atoms with Crippen molar-refractivity contribution in [3.63, 3.8) is 0 Å². The predicted molar refractivity (Wildman–Crippen MR) is 75.8 cm³/mol. The van der Waals surface area contributed by atoms with Crippen LogP contribution in [-0.2, 0) is 20.7 Å². The molecule has 0 atom stereocenters. The topological polar surface area (TPSA) is 88.5 Å². The number of carbonyl (C=O) groups excluding carboxylic acids is 1. The lowest BCUT2D eigenvalue weighted by molar-refractivity contribution is -0.154. The third-order valence-electron chi connectivity index (χ3n) is 3.86. The number of pyridine rings is 1. The van der Waals surface area contributed by atoms with E-state index in [0.29, 0.717) is 26.1 Å². The second kappa shape index (κ2) is 6.67. The molecule has 1 aromatic rings. The fraction of sp³-hybridized carbons (Fsp3) is 0.533. The second-order valence-corrected chi connectivity index (χ2v) is 5.46. The molecule has 0 aliphatic carbocycles.